The summed E-state index contributed by atoms with van der Waals surface area (Å²) in [6.45, 7) is 5.47. The lowest BCUT2D eigenvalue weighted by Crippen LogP contribution is -2.41. The molecule has 0 spiro atoms. The third kappa shape index (κ3) is 5.61. The standard InChI is InChI=1S/C16H21FN4O2/c1-3-18-16(20-11-13-8-9-22-21-13)19-10-12(2)23-15-7-5-4-6-14(15)17/h4-9,12H,3,10-11H2,1-2H3,(H2,18,19,20). The second-order valence-corrected chi connectivity index (χ2v) is 4.93. The van der Waals surface area contributed by atoms with Crippen molar-refractivity contribution in [3.05, 3.63) is 48.1 Å². The summed E-state index contributed by atoms with van der Waals surface area (Å²) < 4.78 is 23.9. The highest BCUT2D eigenvalue weighted by Crippen LogP contribution is 2.16. The van der Waals surface area contributed by atoms with Crippen molar-refractivity contribution in [3.63, 3.8) is 0 Å². The lowest BCUT2D eigenvalue weighted by atomic mass is 10.3. The molecule has 0 saturated heterocycles. The highest BCUT2D eigenvalue weighted by Gasteiger charge is 2.09. The Morgan fingerprint density at radius 3 is 2.87 bits per heavy atom. The number of hydrogen-bond acceptors (Lipinski definition) is 4. The Morgan fingerprint density at radius 1 is 1.35 bits per heavy atom. The van der Waals surface area contributed by atoms with Crippen LogP contribution < -0.4 is 15.4 Å². The van der Waals surface area contributed by atoms with E-state index in [0.29, 0.717) is 19.0 Å². The van der Waals surface area contributed by atoms with Crippen molar-refractivity contribution in [2.45, 2.75) is 26.5 Å². The quantitative estimate of drug-likeness (QED) is 0.605. The molecule has 0 radical (unpaired) electrons. The van der Waals surface area contributed by atoms with Gasteiger partial charge >= 0.3 is 0 Å². The number of aromatic nitrogens is 1. The van der Waals surface area contributed by atoms with Gasteiger partial charge in [0.05, 0.1) is 13.1 Å². The van der Waals surface area contributed by atoms with Crippen LogP contribution in [0.4, 0.5) is 4.39 Å². The maximum absolute atomic E-state index is 13.6. The van der Waals surface area contributed by atoms with E-state index >= 15 is 0 Å². The van der Waals surface area contributed by atoms with E-state index in [1.807, 2.05) is 13.8 Å². The zero-order valence-corrected chi connectivity index (χ0v) is 13.3. The van der Waals surface area contributed by atoms with Crippen LogP contribution in [0, 0.1) is 5.82 Å². The number of guanidine groups is 1. The number of aliphatic imine (C=N–C) groups is 1. The molecule has 0 amide bonds. The monoisotopic (exact) mass is 320 g/mol. The summed E-state index contributed by atoms with van der Waals surface area (Å²) >= 11 is 0. The molecule has 2 rings (SSSR count). The van der Waals surface area contributed by atoms with Crippen molar-refractivity contribution in [3.8, 4) is 5.75 Å². The van der Waals surface area contributed by atoms with Gasteiger partial charge in [-0.2, -0.15) is 0 Å². The van der Waals surface area contributed by atoms with Crippen LogP contribution >= 0.6 is 0 Å². The SMILES string of the molecule is CCNC(=NCc1ccon1)NCC(C)Oc1ccccc1F. The largest absolute Gasteiger partial charge is 0.486 e. The van der Waals surface area contributed by atoms with E-state index in [4.69, 9.17) is 9.26 Å². The van der Waals surface area contributed by atoms with E-state index in [9.17, 15) is 4.39 Å². The van der Waals surface area contributed by atoms with Gasteiger partial charge in [-0.05, 0) is 26.0 Å². The molecule has 2 N–H and O–H groups in total. The normalized spacial score (nSPS) is 12.7. The minimum absolute atomic E-state index is 0.220. The zero-order valence-electron chi connectivity index (χ0n) is 13.3. The predicted molar refractivity (Wildman–Crippen MR) is 85.8 cm³/mol. The van der Waals surface area contributed by atoms with Gasteiger partial charge in [-0.1, -0.05) is 17.3 Å². The smallest absolute Gasteiger partial charge is 0.191 e. The number of nitrogens with zero attached hydrogens (tertiary/aromatic N) is 2. The first-order chi connectivity index (χ1) is 11.2. The molecule has 0 saturated carbocycles. The molecule has 124 valence electrons. The third-order valence-corrected chi connectivity index (χ3v) is 2.96. The van der Waals surface area contributed by atoms with Crippen molar-refractivity contribution < 1.29 is 13.7 Å². The van der Waals surface area contributed by atoms with Crippen LogP contribution in [-0.4, -0.2) is 30.3 Å². The Morgan fingerprint density at radius 2 is 2.17 bits per heavy atom. The van der Waals surface area contributed by atoms with Crippen molar-refractivity contribution in [1.29, 1.82) is 0 Å². The minimum Gasteiger partial charge on any atom is -0.486 e. The lowest BCUT2D eigenvalue weighted by molar-refractivity contribution is 0.214. The molecule has 6 nitrogen and oxygen atoms in total. The van der Waals surface area contributed by atoms with Crippen LogP contribution in [0.25, 0.3) is 0 Å². The maximum Gasteiger partial charge on any atom is 0.191 e. The van der Waals surface area contributed by atoms with Gasteiger partial charge in [0.25, 0.3) is 0 Å². The molecule has 1 aromatic heterocycles. The van der Waals surface area contributed by atoms with Crippen LogP contribution in [0.5, 0.6) is 5.75 Å². The van der Waals surface area contributed by atoms with E-state index in [0.717, 1.165) is 12.2 Å². The van der Waals surface area contributed by atoms with Crippen LogP contribution in [0.15, 0.2) is 46.1 Å². The van der Waals surface area contributed by atoms with Crippen LogP contribution in [-0.2, 0) is 6.54 Å². The molecule has 0 fully saturated rings. The molecule has 0 aliphatic heterocycles. The molecular formula is C16H21FN4O2. The predicted octanol–water partition coefficient (Wildman–Crippen LogP) is 2.34. The molecule has 23 heavy (non-hydrogen) atoms. The summed E-state index contributed by atoms with van der Waals surface area (Å²) in [5, 5.41) is 10.1. The van der Waals surface area contributed by atoms with E-state index < -0.39 is 0 Å². The molecule has 1 aromatic carbocycles. The molecule has 1 unspecified atom stereocenters. The Bertz CT molecular complexity index is 616. The number of para-hydroxylation sites is 1. The highest BCUT2D eigenvalue weighted by molar-refractivity contribution is 5.79. The number of nitrogens with one attached hydrogen (secondary N) is 2. The Hall–Kier alpha value is -2.57. The van der Waals surface area contributed by atoms with Crippen molar-refractivity contribution >= 4 is 5.96 Å². The lowest BCUT2D eigenvalue weighted by Gasteiger charge is -2.17. The molecule has 1 atom stereocenters. The van der Waals surface area contributed by atoms with Gasteiger partial charge in [0.15, 0.2) is 17.5 Å². The Balaban J connectivity index is 1.85. The third-order valence-electron chi connectivity index (χ3n) is 2.96. The van der Waals surface area contributed by atoms with E-state index in [1.54, 1.807) is 24.3 Å². The van der Waals surface area contributed by atoms with Crippen LogP contribution in [0.2, 0.25) is 0 Å². The second kappa shape index (κ2) is 8.77. The van der Waals surface area contributed by atoms with Crippen LogP contribution in [0.1, 0.15) is 19.5 Å². The van der Waals surface area contributed by atoms with Gasteiger partial charge < -0.3 is 19.9 Å². The Kier molecular flexibility index (Phi) is 6.40. The molecule has 0 aliphatic rings. The summed E-state index contributed by atoms with van der Waals surface area (Å²) in [5.41, 5.74) is 0.748. The van der Waals surface area contributed by atoms with Crippen molar-refractivity contribution in [2.75, 3.05) is 13.1 Å². The van der Waals surface area contributed by atoms with Crippen molar-refractivity contribution in [2.24, 2.45) is 4.99 Å². The number of halogens is 1. The molecule has 1 heterocycles. The van der Waals surface area contributed by atoms with Crippen molar-refractivity contribution in [1.82, 2.24) is 15.8 Å². The number of hydrogen-bond donors (Lipinski definition) is 2. The molecule has 0 bridgehead atoms. The fourth-order valence-corrected chi connectivity index (χ4v) is 1.86. The average molecular weight is 320 g/mol. The summed E-state index contributed by atoms with van der Waals surface area (Å²) in [6, 6.07) is 8.11. The zero-order chi connectivity index (χ0) is 16.5. The number of ether oxygens (including phenoxy) is 1. The molecule has 2 aromatic rings. The summed E-state index contributed by atoms with van der Waals surface area (Å²) in [5.74, 6) is 0.511. The average Bonchev–Trinajstić information content (AvgIpc) is 3.06. The van der Waals surface area contributed by atoms with Gasteiger partial charge in [0.1, 0.15) is 18.1 Å². The van der Waals surface area contributed by atoms with Crippen LogP contribution in [0.3, 0.4) is 0 Å². The van der Waals surface area contributed by atoms with Gasteiger partial charge in [0, 0.05) is 12.6 Å². The fraction of sp³-hybridized carbons (Fsp3) is 0.375. The topological polar surface area (TPSA) is 71.7 Å². The fourth-order valence-electron chi connectivity index (χ4n) is 1.86. The Labute approximate surface area is 134 Å². The maximum atomic E-state index is 13.6. The number of benzene rings is 1. The number of rotatable bonds is 7. The first-order valence-electron chi connectivity index (χ1n) is 7.51. The highest BCUT2D eigenvalue weighted by atomic mass is 19.1. The first-order valence-corrected chi connectivity index (χ1v) is 7.51. The van der Waals surface area contributed by atoms with E-state index in [1.165, 1.54) is 12.3 Å². The summed E-state index contributed by atoms with van der Waals surface area (Å²) in [7, 11) is 0. The molecule has 7 heteroatoms. The van der Waals surface area contributed by atoms with E-state index in [2.05, 4.69) is 20.8 Å². The summed E-state index contributed by atoms with van der Waals surface area (Å²) in [6.07, 6.45) is 1.29. The first kappa shape index (κ1) is 16.8. The molecule has 0 aliphatic carbocycles. The van der Waals surface area contributed by atoms with Gasteiger partial charge in [-0.25, -0.2) is 9.38 Å². The summed E-state index contributed by atoms with van der Waals surface area (Å²) in [4.78, 5) is 4.39. The second-order valence-electron chi connectivity index (χ2n) is 4.93. The minimum atomic E-state index is -0.369. The van der Waals surface area contributed by atoms with Gasteiger partial charge in [-0.3, -0.25) is 0 Å². The van der Waals surface area contributed by atoms with Gasteiger partial charge in [0.2, 0.25) is 0 Å². The van der Waals surface area contributed by atoms with Gasteiger partial charge in [-0.15, -0.1) is 0 Å². The van der Waals surface area contributed by atoms with E-state index in [-0.39, 0.29) is 17.7 Å². The molecular weight excluding hydrogens is 299 g/mol.